The van der Waals surface area contributed by atoms with E-state index in [1.54, 1.807) is 6.92 Å². The molecule has 106 valence electrons. The molecule has 0 fully saturated rings. The van der Waals surface area contributed by atoms with Crippen LogP contribution in [0.15, 0.2) is 30.3 Å². The molecular formula is C15H23NO3. The number of nitrogens with two attached hydrogens (primary N) is 1. The molecular weight excluding hydrogens is 242 g/mol. The molecule has 1 aromatic rings. The maximum Gasteiger partial charge on any atom is 0.323 e. The fraction of sp³-hybridized carbons (Fsp3) is 0.533. The third kappa shape index (κ3) is 5.30. The highest BCUT2D eigenvalue weighted by molar-refractivity contribution is 5.75. The molecule has 0 radical (unpaired) electrons. The van der Waals surface area contributed by atoms with Crippen LogP contribution >= 0.6 is 0 Å². The number of esters is 1. The van der Waals surface area contributed by atoms with Gasteiger partial charge in [-0.05, 0) is 32.4 Å². The Balaban J connectivity index is 2.63. The molecule has 0 saturated carbocycles. The molecule has 0 aliphatic heterocycles. The second-order valence-electron chi connectivity index (χ2n) is 4.69. The van der Waals surface area contributed by atoms with Crippen LogP contribution in [0.5, 0.6) is 5.75 Å². The van der Waals surface area contributed by atoms with E-state index >= 15 is 0 Å². The minimum Gasteiger partial charge on any atom is -0.487 e. The first-order valence-electron chi connectivity index (χ1n) is 6.72. The van der Waals surface area contributed by atoms with E-state index in [0.717, 1.165) is 18.6 Å². The van der Waals surface area contributed by atoms with Crippen molar-refractivity contribution in [2.45, 2.75) is 51.9 Å². The largest absolute Gasteiger partial charge is 0.487 e. The van der Waals surface area contributed by atoms with Gasteiger partial charge in [0.1, 0.15) is 24.0 Å². The molecule has 0 spiro atoms. The Labute approximate surface area is 114 Å². The lowest BCUT2D eigenvalue weighted by molar-refractivity contribution is -0.154. The predicted molar refractivity (Wildman–Crippen MR) is 75.0 cm³/mol. The topological polar surface area (TPSA) is 61.5 Å². The van der Waals surface area contributed by atoms with Crippen LogP contribution in [0.4, 0.5) is 0 Å². The van der Waals surface area contributed by atoms with E-state index in [2.05, 4.69) is 6.92 Å². The summed E-state index contributed by atoms with van der Waals surface area (Å²) in [6.45, 7) is 5.52. The Kier molecular flexibility index (Phi) is 6.36. The molecule has 0 heterocycles. The molecule has 4 nitrogen and oxygen atoms in total. The number of para-hydroxylation sites is 1. The van der Waals surface area contributed by atoms with E-state index in [1.807, 2.05) is 37.3 Å². The van der Waals surface area contributed by atoms with Crippen molar-refractivity contribution in [3.63, 3.8) is 0 Å². The van der Waals surface area contributed by atoms with Crippen molar-refractivity contribution in [1.82, 2.24) is 0 Å². The molecule has 1 rings (SSSR count). The molecule has 0 aliphatic rings. The summed E-state index contributed by atoms with van der Waals surface area (Å²) in [6, 6.07) is 8.93. The standard InChI is InChI=1S/C15H23NO3/c1-4-8-14(12(3)18-15(17)11(2)16)19-13-9-6-5-7-10-13/h5-7,9-12,14H,4,8,16H2,1-3H3. The van der Waals surface area contributed by atoms with Crippen LogP contribution in [0, 0.1) is 0 Å². The fourth-order valence-electron chi connectivity index (χ4n) is 1.71. The van der Waals surface area contributed by atoms with Crippen LogP contribution in [0.25, 0.3) is 0 Å². The predicted octanol–water partition coefficient (Wildman–Crippen LogP) is 2.51. The zero-order valence-corrected chi connectivity index (χ0v) is 11.8. The summed E-state index contributed by atoms with van der Waals surface area (Å²) in [5.41, 5.74) is 5.50. The minimum absolute atomic E-state index is 0.157. The maximum atomic E-state index is 11.5. The van der Waals surface area contributed by atoms with Gasteiger partial charge in [0.2, 0.25) is 0 Å². The van der Waals surface area contributed by atoms with E-state index in [1.165, 1.54) is 0 Å². The number of benzene rings is 1. The van der Waals surface area contributed by atoms with Crippen LogP contribution in [0.1, 0.15) is 33.6 Å². The quantitative estimate of drug-likeness (QED) is 0.769. The Morgan fingerprint density at radius 2 is 1.89 bits per heavy atom. The lowest BCUT2D eigenvalue weighted by atomic mass is 10.1. The fourth-order valence-corrected chi connectivity index (χ4v) is 1.71. The second-order valence-corrected chi connectivity index (χ2v) is 4.69. The first kappa shape index (κ1) is 15.5. The van der Waals surface area contributed by atoms with Gasteiger partial charge in [0, 0.05) is 0 Å². The molecule has 3 unspecified atom stereocenters. The van der Waals surface area contributed by atoms with Crippen LogP contribution in [0.3, 0.4) is 0 Å². The van der Waals surface area contributed by atoms with E-state index in [4.69, 9.17) is 15.2 Å². The maximum absolute atomic E-state index is 11.5. The molecule has 1 aromatic carbocycles. The SMILES string of the molecule is CCCC(Oc1ccccc1)C(C)OC(=O)C(C)N. The Hall–Kier alpha value is -1.55. The summed E-state index contributed by atoms with van der Waals surface area (Å²) >= 11 is 0. The van der Waals surface area contributed by atoms with Gasteiger partial charge in [0.25, 0.3) is 0 Å². The average Bonchev–Trinajstić information content (AvgIpc) is 2.39. The van der Waals surface area contributed by atoms with Crippen molar-refractivity contribution in [3.8, 4) is 5.75 Å². The second kappa shape index (κ2) is 7.79. The van der Waals surface area contributed by atoms with Crippen molar-refractivity contribution in [2.75, 3.05) is 0 Å². The highest BCUT2D eigenvalue weighted by Crippen LogP contribution is 2.17. The Bertz CT molecular complexity index is 378. The molecule has 2 N–H and O–H groups in total. The molecule has 4 heteroatoms. The Morgan fingerprint density at radius 3 is 2.42 bits per heavy atom. The van der Waals surface area contributed by atoms with Gasteiger partial charge in [-0.2, -0.15) is 0 Å². The van der Waals surface area contributed by atoms with Gasteiger partial charge in [-0.25, -0.2) is 0 Å². The van der Waals surface area contributed by atoms with Crippen LogP contribution < -0.4 is 10.5 Å². The van der Waals surface area contributed by atoms with Crippen LogP contribution in [0.2, 0.25) is 0 Å². The normalized spacial score (nSPS) is 15.4. The number of ether oxygens (including phenoxy) is 2. The van der Waals surface area contributed by atoms with Crippen molar-refractivity contribution in [1.29, 1.82) is 0 Å². The molecule has 0 bridgehead atoms. The van der Waals surface area contributed by atoms with Gasteiger partial charge in [0.15, 0.2) is 0 Å². The lowest BCUT2D eigenvalue weighted by Crippen LogP contribution is -2.38. The zero-order valence-electron chi connectivity index (χ0n) is 11.8. The summed E-state index contributed by atoms with van der Waals surface area (Å²) < 4.78 is 11.2. The molecule has 19 heavy (non-hydrogen) atoms. The molecule has 0 aliphatic carbocycles. The van der Waals surface area contributed by atoms with Gasteiger partial charge < -0.3 is 15.2 Å². The smallest absolute Gasteiger partial charge is 0.323 e. The summed E-state index contributed by atoms with van der Waals surface area (Å²) in [6.07, 6.45) is 1.30. The van der Waals surface area contributed by atoms with Gasteiger partial charge in [-0.1, -0.05) is 31.5 Å². The molecule has 0 amide bonds. The van der Waals surface area contributed by atoms with E-state index in [0.29, 0.717) is 0 Å². The van der Waals surface area contributed by atoms with E-state index < -0.39 is 12.0 Å². The first-order chi connectivity index (χ1) is 9.04. The number of carbonyl (C=O) groups is 1. The van der Waals surface area contributed by atoms with Gasteiger partial charge in [-0.15, -0.1) is 0 Å². The summed E-state index contributed by atoms with van der Waals surface area (Å²) in [5.74, 6) is 0.384. The summed E-state index contributed by atoms with van der Waals surface area (Å²) in [4.78, 5) is 11.5. The van der Waals surface area contributed by atoms with Gasteiger partial charge >= 0.3 is 5.97 Å². The lowest BCUT2D eigenvalue weighted by Gasteiger charge is -2.25. The zero-order chi connectivity index (χ0) is 14.3. The third-order valence-electron chi connectivity index (χ3n) is 2.80. The number of hydrogen-bond acceptors (Lipinski definition) is 4. The number of rotatable bonds is 7. The number of carbonyl (C=O) groups excluding carboxylic acids is 1. The highest BCUT2D eigenvalue weighted by atomic mass is 16.6. The van der Waals surface area contributed by atoms with Crippen LogP contribution in [-0.2, 0) is 9.53 Å². The molecule has 0 saturated heterocycles. The summed E-state index contributed by atoms with van der Waals surface area (Å²) in [7, 11) is 0. The Morgan fingerprint density at radius 1 is 1.26 bits per heavy atom. The third-order valence-corrected chi connectivity index (χ3v) is 2.80. The first-order valence-corrected chi connectivity index (χ1v) is 6.72. The van der Waals surface area contributed by atoms with Crippen molar-refractivity contribution < 1.29 is 14.3 Å². The van der Waals surface area contributed by atoms with Crippen molar-refractivity contribution in [3.05, 3.63) is 30.3 Å². The van der Waals surface area contributed by atoms with Gasteiger partial charge in [0.05, 0.1) is 0 Å². The highest BCUT2D eigenvalue weighted by Gasteiger charge is 2.23. The summed E-state index contributed by atoms with van der Waals surface area (Å²) in [5, 5.41) is 0. The monoisotopic (exact) mass is 265 g/mol. The van der Waals surface area contributed by atoms with Gasteiger partial charge in [-0.3, -0.25) is 4.79 Å². The van der Waals surface area contributed by atoms with Crippen LogP contribution in [-0.4, -0.2) is 24.2 Å². The van der Waals surface area contributed by atoms with Crippen molar-refractivity contribution in [2.24, 2.45) is 5.73 Å². The number of hydrogen-bond donors (Lipinski definition) is 1. The van der Waals surface area contributed by atoms with E-state index in [-0.39, 0.29) is 12.2 Å². The van der Waals surface area contributed by atoms with Crippen molar-refractivity contribution >= 4 is 5.97 Å². The average molecular weight is 265 g/mol. The molecule has 3 atom stereocenters. The van der Waals surface area contributed by atoms with E-state index in [9.17, 15) is 4.79 Å². The minimum atomic E-state index is -0.610. The molecule has 0 aromatic heterocycles.